The summed E-state index contributed by atoms with van der Waals surface area (Å²) >= 11 is 0. The van der Waals surface area contributed by atoms with E-state index < -0.39 is 5.97 Å². The van der Waals surface area contributed by atoms with Crippen LogP contribution in [0.2, 0.25) is 0 Å². The molecule has 0 atom stereocenters. The van der Waals surface area contributed by atoms with Crippen LogP contribution in [-0.2, 0) is 0 Å². The Morgan fingerprint density at radius 1 is 1.50 bits per heavy atom. The fourth-order valence-electron chi connectivity index (χ4n) is 0.813. The van der Waals surface area contributed by atoms with Gasteiger partial charge in [0.25, 0.3) is 0 Å². The standard InChI is InChI=1S/C8H8O3.Cs/c1-5-2-3-7(9)6(4-5)8(10)11;/h2-4,9H,1H3,(H,10,11);/q;+1/p-1. The summed E-state index contributed by atoms with van der Waals surface area (Å²) in [5.74, 6) is -1.61. The van der Waals surface area contributed by atoms with E-state index in [1.807, 2.05) is 0 Å². The molecule has 0 spiro atoms. The van der Waals surface area contributed by atoms with Gasteiger partial charge in [-0.1, -0.05) is 11.6 Å². The molecule has 0 heterocycles. The SMILES string of the molecule is Cc1ccc(O)c(C(=O)[O-])c1.[Cs+]. The number of aromatic hydroxyl groups is 1. The minimum atomic E-state index is -1.36. The number of carbonyl (C=O) groups is 1. The average molecular weight is 284 g/mol. The van der Waals surface area contributed by atoms with Crippen LogP contribution in [0.15, 0.2) is 18.2 Å². The Hall–Kier alpha value is 0.542. The van der Waals surface area contributed by atoms with Crippen LogP contribution in [0, 0.1) is 6.92 Å². The molecule has 0 aliphatic carbocycles. The second-order valence-corrected chi connectivity index (χ2v) is 2.31. The van der Waals surface area contributed by atoms with Gasteiger partial charge in [-0.25, -0.2) is 0 Å². The molecule has 0 aliphatic heterocycles. The second-order valence-electron chi connectivity index (χ2n) is 2.31. The van der Waals surface area contributed by atoms with E-state index in [0.29, 0.717) is 0 Å². The van der Waals surface area contributed by atoms with E-state index in [9.17, 15) is 9.90 Å². The summed E-state index contributed by atoms with van der Waals surface area (Å²) in [5.41, 5.74) is 0.618. The van der Waals surface area contributed by atoms with Gasteiger partial charge in [0.15, 0.2) is 0 Å². The topological polar surface area (TPSA) is 60.4 Å². The molecule has 0 fully saturated rings. The normalized spacial score (nSPS) is 8.75. The van der Waals surface area contributed by atoms with Gasteiger partial charge in [-0.05, 0) is 19.1 Å². The molecule has 58 valence electrons. The quantitative estimate of drug-likeness (QED) is 0.600. The number of aromatic carboxylic acids is 1. The van der Waals surface area contributed by atoms with Crippen molar-refractivity contribution in [3.8, 4) is 5.75 Å². The molecule has 0 radical (unpaired) electrons. The third-order valence-corrected chi connectivity index (χ3v) is 1.37. The predicted molar refractivity (Wildman–Crippen MR) is 37.2 cm³/mol. The van der Waals surface area contributed by atoms with E-state index >= 15 is 0 Å². The molecule has 1 rings (SSSR count). The van der Waals surface area contributed by atoms with Crippen molar-refractivity contribution >= 4 is 5.97 Å². The Morgan fingerprint density at radius 2 is 2.08 bits per heavy atom. The van der Waals surface area contributed by atoms with E-state index in [1.54, 1.807) is 13.0 Å². The monoisotopic (exact) mass is 284 g/mol. The second kappa shape index (κ2) is 5.31. The maximum Gasteiger partial charge on any atom is 1.00 e. The molecule has 1 N–H and O–H groups in total. The van der Waals surface area contributed by atoms with Crippen molar-refractivity contribution < 1.29 is 83.9 Å². The third kappa shape index (κ3) is 3.12. The largest absolute Gasteiger partial charge is 1.00 e. The molecule has 0 aliphatic rings. The Morgan fingerprint density at radius 3 is 2.50 bits per heavy atom. The molecule has 4 heteroatoms. The molecule has 0 amide bonds. The average Bonchev–Trinajstić information content (AvgIpc) is 1.94. The predicted octanol–water partition coefficient (Wildman–Crippen LogP) is -2.93. The Kier molecular flexibility index (Phi) is 5.55. The zero-order chi connectivity index (χ0) is 8.43. The third-order valence-electron chi connectivity index (χ3n) is 1.37. The number of benzene rings is 1. The van der Waals surface area contributed by atoms with E-state index in [2.05, 4.69) is 0 Å². The van der Waals surface area contributed by atoms with Crippen molar-refractivity contribution in [2.24, 2.45) is 0 Å². The first-order valence-corrected chi connectivity index (χ1v) is 3.12. The fourth-order valence-corrected chi connectivity index (χ4v) is 0.813. The van der Waals surface area contributed by atoms with Gasteiger partial charge in [0.2, 0.25) is 0 Å². The van der Waals surface area contributed by atoms with Crippen LogP contribution in [-0.4, -0.2) is 11.1 Å². The van der Waals surface area contributed by atoms with E-state index in [0.717, 1.165) is 5.56 Å². The Labute approximate surface area is 129 Å². The van der Waals surface area contributed by atoms with Crippen LogP contribution in [0.1, 0.15) is 15.9 Å². The molecule has 0 saturated heterocycles. The summed E-state index contributed by atoms with van der Waals surface area (Å²) in [6.45, 7) is 1.74. The number of aryl methyl sites for hydroxylation is 1. The summed E-state index contributed by atoms with van der Waals surface area (Å²) in [4.78, 5) is 10.3. The summed E-state index contributed by atoms with van der Waals surface area (Å²) in [5, 5.41) is 19.3. The number of carboxylic acid groups (broad SMARTS) is 1. The number of carboxylic acids is 1. The maximum atomic E-state index is 10.3. The zero-order valence-electron chi connectivity index (χ0n) is 7.00. The van der Waals surface area contributed by atoms with Crippen LogP contribution < -0.4 is 74.0 Å². The maximum absolute atomic E-state index is 10.3. The number of hydrogen-bond acceptors (Lipinski definition) is 3. The molecule has 0 unspecified atom stereocenters. The summed E-state index contributed by atoms with van der Waals surface area (Å²) in [6.07, 6.45) is 0. The molecule has 0 bridgehead atoms. The molecule has 0 saturated carbocycles. The number of phenols is 1. The Bertz CT molecular complexity index is 296. The molecular weight excluding hydrogens is 277 g/mol. The summed E-state index contributed by atoms with van der Waals surface area (Å²) in [6, 6.07) is 4.33. The van der Waals surface area contributed by atoms with Crippen LogP contribution in [0.5, 0.6) is 5.75 Å². The van der Waals surface area contributed by atoms with E-state index in [1.165, 1.54) is 12.1 Å². The first kappa shape index (κ1) is 12.5. The zero-order valence-corrected chi connectivity index (χ0v) is 13.3. The van der Waals surface area contributed by atoms with Crippen LogP contribution in [0.25, 0.3) is 0 Å². The Balaban J connectivity index is 0.00000121. The smallest absolute Gasteiger partial charge is 0.545 e. The molecule has 1 aromatic rings. The van der Waals surface area contributed by atoms with Gasteiger partial charge in [-0.2, -0.15) is 0 Å². The van der Waals surface area contributed by atoms with Crippen LogP contribution in [0.4, 0.5) is 0 Å². The fraction of sp³-hybridized carbons (Fsp3) is 0.125. The summed E-state index contributed by atoms with van der Waals surface area (Å²) in [7, 11) is 0. The van der Waals surface area contributed by atoms with E-state index in [4.69, 9.17) is 5.11 Å². The first-order valence-electron chi connectivity index (χ1n) is 3.12. The van der Waals surface area contributed by atoms with Gasteiger partial charge < -0.3 is 15.0 Å². The van der Waals surface area contributed by atoms with Crippen molar-refractivity contribution in [2.45, 2.75) is 6.92 Å². The van der Waals surface area contributed by atoms with Crippen molar-refractivity contribution in [1.29, 1.82) is 0 Å². The van der Waals surface area contributed by atoms with E-state index in [-0.39, 0.29) is 80.2 Å². The molecule has 3 nitrogen and oxygen atoms in total. The van der Waals surface area contributed by atoms with Crippen LogP contribution >= 0.6 is 0 Å². The van der Waals surface area contributed by atoms with Gasteiger partial charge in [-0.15, -0.1) is 0 Å². The molecule has 12 heavy (non-hydrogen) atoms. The van der Waals surface area contributed by atoms with Gasteiger partial charge in [-0.3, -0.25) is 0 Å². The molecular formula is C8H7CsO3. The number of rotatable bonds is 1. The minimum absolute atomic E-state index is 0. The van der Waals surface area contributed by atoms with Gasteiger partial charge in [0.1, 0.15) is 5.75 Å². The van der Waals surface area contributed by atoms with Gasteiger partial charge >= 0.3 is 68.9 Å². The molecule has 1 aromatic carbocycles. The minimum Gasteiger partial charge on any atom is -0.545 e. The van der Waals surface area contributed by atoms with Crippen LogP contribution in [0.3, 0.4) is 0 Å². The molecule has 0 aromatic heterocycles. The van der Waals surface area contributed by atoms with Crippen molar-refractivity contribution in [1.82, 2.24) is 0 Å². The van der Waals surface area contributed by atoms with Crippen molar-refractivity contribution in [3.63, 3.8) is 0 Å². The summed E-state index contributed by atoms with van der Waals surface area (Å²) < 4.78 is 0. The van der Waals surface area contributed by atoms with Crippen molar-refractivity contribution in [2.75, 3.05) is 0 Å². The van der Waals surface area contributed by atoms with Crippen molar-refractivity contribution in [3.05, 3.63) is 29.3 Å². The number of hydrogen-bond donors (Lipinski definition) is 1. The number of carbonyl (C=O) groups excluding carboxylic acids is 1. The first-order chi connectivity index (χ1) is 5.11. The van der Waals surface area contributed by atoms with Gasteiger partial charge in [0.05, 0.1) is 5.97 Å². The van der Waals surface area contributed by atoms with Gasteiger partial charge in [0, 0.05) is 5.56 Å².